The average Bonchev–Trinajstić information content (AvgIpc) is 2.05. The van der Waals surface area contributed by atoms with E-state index in [1.54, 1.807) is 0 Å². The van der Waals surface area contributed by atoms with Gasteiger partial charge in [0.05, 0.1) is 19.3 Å². The fourth-order valence-electron chi connectivity index (χ4n) is 0.492. The summed E-state index contributed by atoms with van der Waals surface area (Å²) in [5.41, 5.74) is -0.242. The van der Waals surface area contributed by atoms with Gasteiger partial charge in [-0.05, 0) is 13.3 Å². The van der Waals surface area contributed by atoms with Crippen LogP contribution in [0.5, 0.6) is 0 Å². The summed E-state index contributed by atoms with van der Waals surface area (Å²) in [5, 5.41) is 8.99. The van der Waals surface area contributed by atoms with Gasteiger partial charge >= 0.3 is 0 Å². The maximum absolute atomic E-state index is 8.99. The molecule has 3 heteroatoms. The first kappa shape index (κ1) is 11.9. The van der Waals surface area contributed by atoms with Crippen LogP contribution in [-0.2, 0) is 9.78 Å². The van der Waals surface area contributed by atoms with E-state index in [0.717, 1.165) is 6.42 Å². The monoisotopic (exact) mass is 176 g/mol. The van der Waals surface area contributed by atoms with E-state index in [-0.39, 0.29) is 18.1 Å². The molecule has 0 aromatic heterocycles. The van der Waals surface area contributed by atoms with E-state index in [0.29, 0.717) is 6.61 Å². The fourth-order valence-corrected chi connectivity index (χ4v) is 0.492. The van der Waals surface area contributed by atoms with Crippen molar-refractivity contribution in [1.29, 1.82) is 0 Å². The molecule has 0 fully saturated rings. The molecule has 3 nitrogen and oxygen atoms in total. The lowest BCUT2D eigenvalue weighted by atomic mass is 9.89. The lowest BCUT2D eigenvalue weighted by Gasteiger charge is -2.27. The third-order valence-electron chi connectivity index (χ3n) is 2.01. The van der Waals surface area contributed by atoms with E-state index < -0.39 is 0 Å². The smallest absolute Gasteiger partial charge is 0.0974 e. The van der Waals surface area contributed by atoms with Gasteiger partial charge in [-0.1, -0.05) is 20.8 Å². The van der Waals surface area contributed by atoms with Crippen LogP contribution in [0.2, 0.25) is 0 Å². The first-order valence-corrected chi connectivity index (χ1v) is 4.43. The zero-order valence-corrected chi connectivity index (χ0v) is 8.46. The van der Waals surface area contributed by atoms with E-state index in [9.17, 15) is 0 Å². The van der Waals surface area contributed by atoms with Crippen molar-refractivity contribution in [2.75, 3.05) is 13.2 Å². The molecule has 0 amide bonds. The van der Waals surface area contributed by atoms with Gasteiger partial charge < -0.3 is 5.11 Å². The Kier molecular flexibility index (Phi) is 5.46. The van der Waals surface area contributed by atoms with E-state index in [1.165, 1.54) is 0 Å². The molecule has 0 heterocycles. The SMILES string of the molecule is CCCOOC(C)C(C)(C)CO. The molecule has 0 bridgehead atoms. The predicted octanol–water partition coefficient (Wildman–Crippen LogP) is 1.75. The van der Waals surface area contributed by atoms with E-state index in [4.69, 9.17) is 14.9 Å². The van der Waals surface area contributed by atoms with E-state index >= 15 is 0 Å². The van der Waals surface area contributed by atoms with Crippen molar-refractivity contribution in [2.45, 2.75) is 40.2 Å². The maximum Gasteiger partial charge on any atom is 0.0974 e. The molecule has 0 saturated carbocycles. The number of rotatable bonds is 6. The van der Waals surface area contributed by atoms with Crippen molar-refractivity contribution in [3.63, 3.8) is 0 Å². The molecule has 0 radical (unpaired) electrons. The second kappa shape index (κ2) is 5.51. The van der Waals surface area contributed by atoms with Crippen LogP contribution in [0, 0.1) is 5.41 Å². The zero-order chi connectivity index (χ0) is 9.61. The molecule has 0 aromatic rings. The molecule has 1 unspecified atom stereocenters. The number of aliphatic hydroxyl groups excluding tert-OH is 1. The summed E-state index contributed by atoms with van der Waals surface area (Å²) in [6.07, 6.45) is 0.848. The van der Waals surface area contributed by atoms with E-state index in [2.05, 4.69) is 0 Å². The standard InChI is InChI=1S/C9H20O3/c1-5-6-11-12-8(2)9(3,4)7-10/h8,10H,5-7H2,1-4H3. The molecule has 74 valence electrons. The minimum Gasteiger partial charge on any atom is -0.396 e. The lowest BCUT2D eigenvalue weighted by molar-refractivity contribution is -0.339. The molecule has 0 saturated heterocycles. The highest BCUT2D eigenvalue weighted by molar-refractivity contribution is 4.73. The summed E-state index contributed by atoms with van der Waals surface area (Å²) < 4.78 is 0. The van der Waals surface area contributed by atoms with Crippen LogP contribution < -0.4 is 0 Å². The molecule has 0 aliphatic heterocycles. The molecular weight excluding hydrogens is 156 g/mol. The summed E-state index contributed by atoms with van der Waals surface area (Å²) in [6, 6.07) is 0. The highest BCUT2D eigenvalue weighted by Gasteiger charge is 2.26. The lowest BCUT2D eigenvalue weighted by Crippen LogP contribution is -2.32. The Morgan fingerprint density at radius 1 is 1.42 bits per heavy atom. The van der Waals surface area contributed by atoms with Crippen molar-refractivity contribution in [3.05, 3.63) is 0 Å². The summed E-state index contributed by atoms with van der Waals surface area (Å²) in [5.74, 6) is 0. The van der Waals surface area contributed by atoms with Crippen LogP contribution in [0.15, 0.2) is 0 Å². The first-order valence-electron chi connectivity index (χ1n) is 4.43. The van der Waals surface area contributed by atoms with Gasteiger partial charge in [0.2, 0.25) is 0 Å². The summed E-state index contributed by atoms with van der Waals surface area (Å²) in [7, 11) is 0. The summed E-state index contributed by atoms with van der Waals surface area (Å²) >= 11 is 0. The number of aliphatic hydroxyl groups is 1. The van der Waals surface area contributed by atoms with Crippen LogP contribution in [0.4, 0.5) is 0 Å². The first-order chi connectivity index (χ1) is 5.54. The molecule has 12 heavy (non-hydrogen) atoms. The van der Waals surface area contributed by atoms with Gasteiger partial charge in [0.1, 0.15) is 0 Å². The highest BCUT2D eigenvalue weighted by Crippen LogP contribution is 2.22. The summed E-state index contributed by atoms with van der Waals surface area (Å²) in [6.45, 7) is 8.49. The predicted molar refractivity (Wildman–Crippen MR) is 47.7 cm³/mol. The zero-order valence-electron chi connectivity index (χ0n) is 8.46. The third kappa shape index (κ3) is 4.04. The summed E-state index contributed by atoms with van der Waals surface area (Å²) in [4.78, 5) is 10.00. The van der Waals surface area contributed by atoms with Gasteiger partial charge in [-0.15, -0.1) is 0 Å². The maximum atomic E-state index is 8.99. The average molecular weight is 176 g/mol. The molecule has 1 N–H and O–H groups in total. The number of hydrogen-bond acceptors (Lipinski definition) is 3. The third-order valence-corrected chi connectivity index (χ3v) is 2.01. The van der Waals surface area contributed by atoms with Crippen molar-refractivity contribution >= 4 is 0 Å². The van der Waals surface area contributed by atoms with Gasteiger partial charge in [-0.2, -0.15) is 0 Å². The Hall–Kier alpha value is -0.120. The van der Waals surface area contributed by atoms with Crippen LogP contribution in [-0.4, -0.2) is 24.4 Å². The molecule has 1 atom stereocenters. The van der Waals surface area contributed by atoms with Gasteiger partial charge in [0.25, 0.3) is 0 Å². The van der Waals surface area contributed by atoms with Crippen molar-refractivity contribution in [3.8, 4) is 0 Å². The Labute approximate surface area is 74.6 Å². The Morgan fingerprint density at radius 2 is 2.00 bits per heavy atom. The van der Waals surface area contributed by atoms with E-state index in [1.807, 2.05) is 27.7 Å². The van der Waals surface area contributed by atoms with Gasteiger partial charge in [0.15, 0.2) is 0 Å². The fraction of sp³-hybridized carbons (Fsp3) is 1.00. The van der Waals surface area contributed by atoms with Crippen LogP contribution in [0.25, 0.3) is 0 Å². The minimum atomic E-state index is -0.242. The molecule has 0 spiro atoms. The van der Waals surface area contributed by atoms with Gasteiger partial charge in [-0.25, -0.2) is 9.78 Å². The normalized spacial score (nSPS) is 14.8. The molecule has 0 rings (SSSR count). The van der Waals surface area contributed by atoms with Crippen LogP contribution in [0.3, 0.4) is 0 Å². The van der Waals surface area contributed by atoms with Gasteiger partial charge in [0, 0.05) is 5.41 Å². The van der Waals surface area contributed by atoms with Crippen molar-refractivity contribution in [1.82, 2.24) is 0 Å². The Morgan fingerprint density at radius 3 is 2.42 bits per heavy atom. The Balaban J connectivity index is 3.63. The minimum absolute atomic E-state index is 0.0888. The number of hydrogen-bond donors (Lipinski definition) is 1. The second-order valence-electron chi connectivity index (χ2n) is 3.71. The van der Waals surface area contributed by atoms with Crippen LogP contribution >= 0.6 is 0 Å². The van der Waals surface area contributed by atoms with Crippen molar-refractivity contribution in [2.24, 2.45) is 5.41 Å². The molecular formula is C9H20O3. The van der Waals surface area contributed by atoms with Crippen molar-refractivity contribution < 1.29 is 14.9 Å². The second-order valence-corrected chi connectivity index (χ2v) is 3.71. The molecule has 0 aromatic carbocycles. The van der Waals surface area contributed by atoms with Crippen LogP contribution in [0.1, 0.15) is 34.1 Å². The largest absolute Gasteiger partial charge is 0.396 e. The highest BCUT2D eigenvalue weighted by atomic mass is 17.2. The topological polar surface area (TPSA) is 38.7 Å². The molecule has 0 aliphatic carbocycles. The quantitative estimate of drug-likeness (QED) is 0.380. The molecule has 0 aliphatic rings. The van der Waals surface area contributed by atoms with Gasteiger partial charge in [-0.3, -0.25) is 0 Å². The Bertz CT molecular complexity index is 112.